The van der Waals surface area contributed by atoms with Crippen molar-refractivity contribution in [1.29, 1.82) is 0 Å². The van der Waals surface area contributed by atoms with Crippen LogP contribution in [0, 0.1) is 13.8 Å². The number of aryl methyl sites for hydroxylation is 2. The van der Waals surface area contributed by atoms with Gasteiger partial charge in [-0.15, -0.1) is 0 Å². The van der Waals surface area contributed by atoms with Gasteiger partial charge < -0.3 is 14.4 Å². The van der Waals surface area contributed by atoms with E-state index in [0.29, 0.717) is 25.5 Å². The number of hydrogen-bond acceptors (Lipinski definition) is 4. The Morgan fingerprint density at radius 2 is 2.17 bits per heavy atom. The van der Waals surface area contributed by atoms with Crippen LogP contribution in [-0.2, 0) is 9.53 Å². The molecule has 6 heteroatoms. The SMILES string of the molecule is Cc1n[nH]c(C)c1[C@@H]1COCCN1C(=O)COc1ccccc1. The van der Waals surface area contributed by atoms with Crippen LogP contribution in [0.1, 0.15) is 23.0 Å². The smallest absolute Gasteiger partial charge is 0.261 e. The number of nitrogens with zero attached hydrogens (tertiary/aromatic N) is 2. The normalized spacial score (nSPS) is 18.0. The first-order chi connectivity index (χ1) is 11.2. The minimum absolute atomic E-state index is 0.0243. The van der Waals surface area contributed by atoms with E-state index in [1.165, 1.54) is 0 Å². The first kappa shape index (κ1) is 15.6. The zero-order valence-corrected chi connectivity index (χ0v) is 13.4. The molecule has 23 heavy (non-hydrogen) atoms. The van der Waals surface area contributed by atoms with Crippen molar-refractivity contribution in [1.82, 2.24) is 15.1 Å². The third-order valence-corrected chi connectivity index (χ3v) is 4.07. The van der Waals surface area contributed by atoms with Gasteiger partial charge in [-0.05, 0) is 26.0 Å². The van der Waals surface area contributed by atoms with Gasteiger partial charge in [-0.2, -0.15) is 5.10 Å². The third kappa shape index (κ3) is 3.37. The topological polar surface area (TPSA) is 67.5 Å². The van der Waals surface area contributed by atoms with Crippen molar-refractivity contribution in [2.75, 3.05) is 26.4 Å². The molecule has 3 rings (SSSR count). The lowest BCUT2D eigenvalue weighted by atomic mass is 10.0. The number of amides is 1. The number of benzene rings is 1. The summed E-state index contributed by atoms with van der Waals surface area (Å²) >= 11 is 0. The van der Waals surface area contributed by atoms with Crippen LogP contribution in [0.5, 0.6) is 5.75 Å². The molecular formula is C17H21N3O3. The van der Waals surface area contributed by atoms with Crippen LogP contribution in [0.2, 0.25) is 0 Å². The summed E-state index contributed by atoms with van der Waals surface area (Å²) in [5.74, 6) is 0.656. The summed E-state index contributed by atoms with van der Waals surface area (Å²) in [7, 11) is 0. The molecule has 122 valence electrons. The lowest BCUT2D eigenvalue weighted by Gasteiger charge is -2.36. The summed E-state index contributed by atoms with van der Waals surface area (Å²) in [5, 5.41) is 7.21. The zero-order valence-electron chi connectivity index (χ0n) is 13.4. The largest absolute Gasteiger partial charge is 0.484 e. The van der Waals surface area contributed by atoms with Crippen LogP contribution >= 0.6 is 0 Å². The molecule has 1 aliphatic rings. The molecule has 0 aliphatic carbocycles. The van der Waals surface area contributed by atoms with E-state index in [9.17, 15) is 4.79 Å². The van der Waals surface area contributed by atoms with Gasteiger partial charge in [0.1, 0.15) is 5.75 Å². The second-order valence-electron chi connectivity index (χ2n) is 5.63. The van der Waals surface area contributed by atoms with E-state index in [1.54, 1.807) is 0 Å². The molecule has 2 heterocycles. The summed E-state index contributed by atoms with van der Waals surface area (Å²) < 4.78 is 11.2. The number of aromatic amines is 1. The van der Waals surface area contributed by atoms with Gasteiger partial charge in [-0.1, -0.05) is 18.2 Å². The van der Waals surface area contributed by atoms with E-state index in [4.69, 9.17) is 9.47 Å². The molecule has 1 atom stereocenters. The van der Waals surface area contributed by atoms with Gasteiger partial charge in [0.15, 0.2) is 6.61 Å². The highest BCUT2D eigenvalue weighted by molar-refractivity contribution is 5.78. The van der Waals surface area contributed by atoms with Gasteiger partial charge in [0.2, 0.25) is 0 Å². The highest BCUT2D eigenvalue weighted by Gasteiger charge is 2.31. The number of rotatable bonds is 4. The minimum Gasteiger partial charge on any atom is -0.484 e. The third-order valence-electron chi connectivity index (χ3n) is 4.07. The molecule has 1 aromatic carbocycles. The Hall–Kier alpha value is -2.34. The molecule has 0 spiro atoms. The second kappa shape index (κ2) is 6.83. The Labute approximate surface area is 135 Å². The molecule has 0 saturated carbocycles. The Balaban J connectivity index is 1.72. The van der Waals surface area contributed by atoms with E-state index in [2.05, 4.69) is 10.2 Å². The molecule has 2 aromatic rings. The molecule has 1 saturated heterocycles. The standard InChI is InChI=1S/C17H21N3O3/c1-12-17(13(2)19-18-12)15-10-22-9-8-20(15)16(21)11-23-14-6-4-3-5-7-14/h3-7,15H,8-11H2,1-2H3,(H,18,19)/t15-/m0/s1. The molecule has 0 unspecified atom stereocenters. The van der Waals surface area contributed by atoms with Gasteiger partial charge in [0.25, 0.3) is 5.91 Å². The van der Waals surface area contributed by atoms with Gasteiger partial charge in [-0.25, -0.2) is 0 Å². The zero-order chi connectivity index (χ0) is 16.2. The maximum Gasteiger partial charge on any atom is 0.261 e. The number of hydrogen-bond donors (Lipinski definition) is 1. The highest BCUT2D eigenvalue weighted by Crippen LogP contribution is 2.28. The summed E-state index contributed by atoms with van der Waals surface area (Å²) in [6.45, 7) is 5.52. The molecule has 0 radical (unpaired) electrons. The molecule has 0 bridgehead atoms. The lowest BCUT2D eigenvalue weighted by Crippen LogP contribution is -2.45. The Morgan fingerprint density at radius 3 is 2.87 bits per heavy atom. The number of nitrogens with one attached hydrogen (secondary N) is 1. The summed E-state index contributed by atoms with van der Waals surface area (Å²) in [6, 6.07) is 9.25. The van der Waals surface area contributed by atoms with Crippen molar-refractivity contribution in [3.8, 4) is 5.75 Å². The molecule has 1 aliphatic heterocycles. The fourth-order valence-electron chi connectivity index (χ4n) is 2.94. The summed E-state index contributed by atoms with van der Waals surface area (Å²) in [6.07, 6.45) is 0. The predicted molar refractivity (Wildman–Crippen MR) is 85.3 cm³/mol. The molecular weight excluding hydrogens is 294 g/mol. The van der Waals surface area contributed by atoms with Gasteiger partial charge in [0.05, 0.1) is 24.9 Å². The van der Waals surface area contributed by atoms with Crippen molar-refractivity contribution >= 4 is 5.91 Å². The van der Waals surface area contributed by atoms with Crippen LogP contribution in [0.4, 0.5) is 0 Å². The molecule has 1 amide bonds. The number of H-pyrrole nitrogens is 1. The van der Waals surface area contributed by atoms with E-state index >= 15 is 0 Å². The number of morpholine rings is 1. The quantitative estimate of drug-likeness (QED) is 0.937. The van der Waals surface area contributed by atoms with Crippen molar-refractivity contribution < 1.29 is 14.3 Å². The van der Waals surface area contributed by atoms with Crippen LogP contribution in [-0.4, -0.2) is 47.4 Å². The van der Waals surface area contributed by atoms with Crippen LogP contribution in [0.15, 0.2) is 30.3 Å². The van der Waals surface area contributed by atoms with Crippen molar-refractivity contribution in [2.24, 2.45) is 0 Å². The van der Waals surface area contributed by atoms with E-state index in [0.717, 1.165) is 17.0 Å². The number of ether oxygens (including phenoxy) is 2. The van der Waals surface area contributed by atoms with Gasteiger partial charge in [0, 0.05) is 17.8 Å². The minimum atomic E-state index is -0.116. The van der Waals surface area contributed by atoms with E-state index < -0.39 is 0 Å². The van der Waals surface area contributed by atoms with Gasteiger partial charge in [-0.3, -0.25) is 9.89 Å². The highest BCUT2D eigenvalue weighted by atomic mass is 16.5. The average Bonchev–Trinajstić information content (AvgIpc) is 2.92. The molecule has 1 fully saturated rings. The van der Waals surface area contributed by atoms with Crippen molar-refractivity contribution in [3.63, 3.8) is 0 Å². The number of para-hydroxylation sites is 1. The average molecular weight is 315 g/mol. The van der Waals surface area contributed by atoms with Crippen LogP contribution in [0.25, 0.3) is 0 Å². The van der Waals surface area contributed by atoms with E-state index in [1.807, 2.05) is 49.1 Å². The first-order valence-corrected chi connectivity index (χ1v) is 7.73. The fraction of sp³-hybridized carbons (Fsp3) is 0.412. The number of aromatic nitrogens is 2. The summed E-state index contributed by atoms with van der Waals surface area (Å²) in [4.78, 5) is 14.4. The molecule has 1 aromatic heterocycles. The first-order valence-electron chi connectivity index (χ1n) is 7.73. The Kier molecular flexibility index (Phi) is 4.62. The number of carbonyl (C=O) groups excluding carboxylic acids is 1. The monoisotopic (exact) mass is 315 g/mol. The van der Waals surface area contributed by atoms with Crippen LogP contribution < -0.4 is 4.74 Å². The maximum absolute atomic E-state index is 12.6. The second-order valence-corrected chi connectivity index (χ2v) is 5.63. The maximum atomic E-state index is 12.6. The van der Waals surface area contributed by atoms with Crippen molar-refractivity contribution in [2.45, 2.75) is 19.9 Å². The molecule has 1 N–H and O–H groups in total. The molecule has 6 nitrogen and oxygen atoms in total. The van der Waals surface area contributed by atoms with Gasteiger partial charge >= 0.3 is 0 Å². The van der Waals surface area contributed by atoms with Crippen molar-refractivity contribution in [3.05, 3.63) is 47.3 Å². The fourth-order valence-corrected chi connectivity index (χ4v) is 2.94. The predicted octanol–water partition coefficient (Wildman–Crippen LogP) is 2.01. The Bertz CT molecular complexity index is 649. The van der Waals surface area contributed by atoms with E-state index in [-0.39, 0.29) is 18.6 Å². The Morgan fingerprint density at radius 1 is 1.39 bits per heavy atom. The van der Waals surface area contributed by atoms with Crippen LogP contribution in [0.3, 0.4) is 0 Å². The lowest BCUT2D eigenvalue weighted by molar-refractivity contribution is -0.142. The number of carbonyl (C=O) groups is 1. The summed E-state index contributed by atoms with van der Waals surface area (Å²) in [5.41, 5.74) is 2.91.